The van der Waals surface area contributed by atoms with Crippen LogP contribution in [0.3, 0.4) is 0 Å². The zero-order valence-electron chi connectivity index (χ0n) is 12.9. The smallest absolute Gasteiger partial charge is 0.0209 e. The van der Waals surface area contributed by atoms with Crippen LogP contribution in [-0.4, -0.2) is 0 Å². The summed E-state index contributed by atoms with van der Waals surface area (Å²) in [7, 11) is 0. The fourth-order valence-electron chi connectivity index (χ4n) is 2.41. The van der Waals surface area contributed by atoms with Crippen molar-refractivity contribution in [1.82, 2.24) is 0 Å². The first-order chi connectivity index (χ1) is 7.45. The summed E-state index contributed by atoms with van der Waals surface area (Å²) >= 11 is 0. The molecular weight excluding hydrogens is 192 g/mol. The van der Waals surface area contributed by atoms with Crippen LogP contribution in [0.15, 0.2) is 12.2 Å². The highest BCUT2D eigenvalue weighted by Crippen LogP contribution is 2.33. The Kier molecular flexibility index (Phi) is 11.2. The molecule has 0 radical (unpaired) electrons. The van der Waals surface area contributed by atoms with E-state index in [1.807, 2.05) is 13.8 Å². The van der Waals surface area contributed by atoms with E-state index in [9.17, 15) is 0 Å². The minimum Gasteiger partial charge on any atom is -0.0999 e. The highest BCUT2D eigenvalue weighted by atomic mass is 14.3. The van der Waals surface area contributed by atoms with E-state index in [1.165, 1.54) is 18.4 Å². The Morgan fingerprint density at radius 2 is 1.44 bits per heavy atom. The molecule has 0 heterocycles. The van der Waals surface area contributed by atoms with Gasteiger partial charge in [0.2, 0.25) is 0 Å². The maximum absolute atomic E-state index is 4.08. The van der Waals surface area contributed by atoms with Gasteiger partial charge in [-0.3, -0.25) is 0 Å². The minimum atomic E-state index is 0.661. The summed E-state index contributed by atoms with van der Waals surface area (Å²) in [5, 5.41) is 0. The minimum absolute atomic E-state index is 0.661. The molecular formula is C16H34. The average Bonchev–Trinajstić information content (AvgIpc) is 2.30. The molecule has 98 valence electrons. The topological polar surface area (TPSA) is 0 Å². The van der Waals surface area contributed by atoms with E-state index in [0.717, 1.165) is 17.8 Å². The van der Waals surface area contributed by atoms with Gasteiger partial charge in [0.1, 0.15) is 0 Å². The van der Waals surface area contributed by atoms with Gasteiger partial charge in [-0.25, -0.2) is 0 Å². The lowest BCUT2D eigenvalue weighted by Gasteiger charge is -2.32. The molecule has 0 saturated heterocycles. The normalized spacial score (nSPS) is 17.8. The van der Waals surface area contributed by atoms with Gasteiger partial charge in [-0.15, -0.1) is 0 Å². The largest absolute Gasteiger partial charge is 0.0999 e. The van der Waals surface area contributed by atoms with Crippen LogP contribution < -0.4 is 0 Å². The fourth-order valence-corrected chi connectivity index (χ4v) is 2.41. The predicted octanol–water partition coefficient (Wildman–Crippen LogP) is 5.93. The highest BCUT2D eigenvalue weighted by molar-refractivity contribution is 4.97. The average molecular weight is 226 g/mol. The summed E-state index contributed by atoms with van der Waals surface area (Å²) in [6.07, 6.45) is 2.60. The van der Waals surface area contributed by atoms with Crippen LogP contribution in [0.25, 0.3) is 0 Å². The number of hydrogen-bond donors (Lipinski definition) is 0. The fraction of sp³-hybridized carbons (Fsp3) is 0.875. The Morgan fingerprint density at radius 1 is 1.00 bits per heavy atom. The summed E-state index contributed by atoms with van der Waals surface area (Å²) in [5.41, 5.74) is 1.33. The van der Waals surface area contributed by atoms with Crippen molar-refractivity contribution < 1.29 is 0 Å². The van der Waals surface area contributed by atoms with E-state index in [4.69, 9.17) is 0 Å². The van der Waals surface area contributed by atoms with E-state index in [2.05, 4.69) is 48.1 Å². The lowest BCUT2D eigenvalue weighted by atomic mass is 9.73. The summed E-state index contributed by atoms with van der Waals surface area (Å²) in [4.78, 5) is 0. The first kappa shape index (κ1) is 18.1. The van der Waals surface area contributed by atoms with Crippen molar-refractivity contribution in [2.45, 2.75) is 68.2 Å². The van der Waals surface area contributed by atoms with Gasteiger partial charge in [0.25, 0.3) is 0 Å². The molecule has 0 heteroatoms. The highest BCUT2D eigenvalue weighted by Gasteiger charge is 2.25. The van der Waals surface area contributed by atoms with Gasteiger partial charge in [-0.1, -0.05) is 73.5 Å². The molecule has 0 bridgehead atoms. The third kappa shape index (κ3) is 5.72. The van der Waals surface area contributed by atoms with Crippen molar-refractivity contribution in [1.29, 1.82) is 0 Å². The van der Waals surface area contributed by atoms with E-state index in [1.54, 1.807) is 0 Å². The molecule has 0 nitrogen and oxygen atoms in total. The lowest BCUT2D eigenvalue weighted by Crippen LogP contribution is -2.24. The first-order valence-electron chi connectivity index (χ1n) is 7.10. The number of hydrogen-bond acceptors (Lipinski definition) is 0. The predicted molar refractivity (Wildman–Crippen MR) is 77.7 cm³/mol. The molecule has 0 amide bonds. The molecule has 0 aromatic rings. The molecule has 0 aliphatic heterocycles. The molecule has 0 aliphatic carbocycles. The van der Waals surface area contributed by atoms with Crippen molar-refractivity contribution in [2.75, 3.05) is 0 Å². The molecule has 0 spiro atoms. The SMILES string of the molecule is C=C(C)C(C)C(C)C(CC)C(C)CC.CC. The molecule has 4 atom stereocenters. The molecule has 0 rings (SSSR count). The second kappa shape index (κ2) is 9.93. The van der Waals surface area contributed by atoms with Crippen LogP contribution in [0.4, 0.5) is 0 Å². The van der Waals surface area contributed by atoms with E-state index in [-0.39, 0.29) is 0 Å². The van der Waals surface area contributed by atoms with Gasteiger partial charge in [-0.05, 0) is 30.6 Å². The Hall–Kier alpha value is -0.260. The van der Waals surface area contributed by atoms with Crippen LogP contribution in [0.5, 0.6) is 0 Å². The molecule has 0 fully saturated rings. The molecule has 0 saturated carbocycles. The van der Waals surface area contributed by atoms with Gasteiger partial charge >= 0.3 is 0 Å². The van der Waals surface area contributed by atoms with E-state index < -0.39 is 0 Å². The van der Waals surface area contributed by atoms with Gasteiger partial charge in [0.05, 0.1) is 0 Å². The van der Waals surface area contributed by atoms with Crippen molar-refractivity contribution in [3.8, 4) is 0 Å². The number of allylic oxidation sites excluding steroid dienone is 1. The quantitative estimate of drug-likeness (QED) is 0.492. The van der Waals surface area contributed by atoms with Crippen LogP contribution in [0.2, 0.25) is 0 Å². The lowest BCUT2D eigenvalue weighted by molar-refractivity contribution is 0.201. The summed E-state index contributed by atoms with van der Waals surface area (Å²) < 4.78 is 0. The second-order valence-corrected chi connectivity index (χ2v) is 4.95. The summed E-state index contributed by atoms with van der Waals surface area (Å²) in [6.45, 7) is 21.9. The third-order valence-corrected chi connectivity index (χ3v) is 4.09. The van der Waals surface area contributed by atoms with E-state index >= 15 is 0 Å². The van der Waals surface area contributed by atoms with Gasteiger partial charge in [0.15, 0.2) is 0 Å². The van der Waals surface area contributed by atoms with E-state index in [0.29, 0.717) is 5.92 Å². The van der Waals surface area contributed by atoms with Gasteiger partial charge in [0, 0.05) is 0 Å². The monoisotopic (exact) mass is 226 g/mol. The van der Waals surface area contributed by atoms with Crippen LogP contribution >= 0.6 is 0 Å². The maximum Gasteiger partial charge on any atom is -0.0209 e. The van der Waals surface area contributed by atoms with Gasteiger partial charge < -0.3 is 0 Å². The first-order valence-corrected chi connectivity index (χ1v) is 7.10. The summed E-state index contributed by atoms with van der Waals surface area (Å²) in [5.74, 6) is 3.13. The van der Waals surface area contributed by atoms with Crippen molar-refractivity contribution in [2.24, 2.45) is 23.7 Å². The maximum atomic E-state index is 4.08. The molecule has 0 N–H and O–H groups in total. The molecule has 0 aromatic carbocycles. The van der Waals surface area contributed by atoms with Crippen LogP contribution in [0.1, 0.15) is 68.2 Å². The van der Waals surface area contributed by atoms with Crippen molar-refractivity contribution >= 4 is 0 Å². The van der Waals surface area contributed by atoms with Crippen LogP contribution in [0, 0.1) is 23.7 Å². The Morgan fingerprint density at radius 3 is 1.69 bits per heavy atom. The molecule has 0 aromatic heterocycles. The number of rotatable bonds is 6. The zero-order valence-corrected chi connectivity index (χ0v) is 12.9. The standard InChI is InChI=1S/C14H28.C2H6/c1-8-11(5)14(9-2)13(7)12(6)10(3)4;1-2/h11-14H,3,8-9H2,1-2,4-7H3;1-2H3. The van der Waals surface area contributed by atoms with Crippen molar-refractivity contribution in [3.63, 3.8) is 0 Å². The third-order valence-electron chi connectivity index (χ3n) is 4.09. The van der Waals surface area contributed by atoms with Crippen LogP contribution in [-0.2, 0) is 0 Å². The Bertz CT molecular complexity index is 169. The summed E-state index contributed by atoms with van der Waals surface area (Å²) in [6, 6.07) is 0. The van der Waals surface area contributed by atoms with Crippen molar-refractivity contribution in [3.05, 3.63) is 12.2 Å². The zero-order chi connectivity index (χ0) is 13.3. The molecule has 4 unspecified atom stereocenters. The molecule has 0 aliphatic rings. The van der Waals surface area contributed by atoms with Gasteiger partial charge in [-0.2, -0.15) is 0 Å². The Balaban J connectivity index is 0. The Labute approximate surface area is 105 Å². The second-order valence-electron chi connectivity index (χ2n) is 4.95. The molecule has 16 heavy (non-hydrogen) atoms.